The number of hydrogen-bond donors (Lipinski definition) is 2. The van der Waals surface area contributed by atoms with Crippen molar-refractivity contribution in [2.75, 3.05) is 18.4 Å². The molecular formula is C18H23N5O2S2. The summed E-state index contributed by atoms with van der Waals surface area (Å²) in [4.78, 5) is 25.3. The number of nitrogens with one attached hydrogen (secondary N) is 2. The summed E-state index contributed by atoms with van der Waals surface area (Å²) in [5, 5.41) is 14.8. The third-order valence-electron chi connectivity index (χ3n) is 4.39. The lowest BCUT2D eigenvalue weighted by Crippen LogP contribution is -2.38. The van der Waals surface area contributed by atoms with Gasteiger partial charge in [-0.2, -0.15) is 0 Å². The average Bonchev–Trinajstić information content (AvgIpc) is 3.30. The molecule has 0 bridgehead atoms. The number of rotatable bonds is 7. The van der Waals surface area contributed by atoms with Crippen molar-refractivity contribution in [2.24, 2.45) is 0 Å². The third kappa shape index (κ3) is 4.41. The molecule has 0 saturated carbocycles. The van der Waals surface area contributed by atoms with Crippen molar-refractivity contribution < 1.29 is 9.59 Å². The van der Waals surface area contributed by atoms with Crippen molar-refractivity contribution in [3.05, 3.63) is 29.3 Å². The number of nitrogens with zero attached hydrogens (tertiary/aromatic N) is 3. The maximum absolute atomic E-state index is 12.4. The fraction of sp³-hybridized carbons (Fsp3) is 0.444. The molecule has 1 fully saturated rings. The molecule has 0 radical (unpaired) electrons. The third-order valence-corrected chi connectivity index (χ3v) is 6.40. The van der Waals surface area contributed by atoms with E-state index in [4.69, 9.17) is 0 Å². The van der Waals surface area contributed by atoms with E-state index in [1.54, 1.807) is 6.92 Å². The first-order valence-corrected chi connectivity index (χ1v) is 10.7. The Labute approximate surface area is 166 Å². The number of para-hydroxylation sites is 1. The van der Waals surface area contributed by atoms with E-state index in [0.717, 1.165) is 18.5 Å². The molecule has 7 nitrogen and oxygen atoms in total. The van der Waals surface area contributed by atoms with Crippen LogP contribution in [0.25, 0.3) is 0 Å². The first kappa shape index (κ1) is 19.6. The van der Waals surface area contributed by atoms with Gasteiger partial charge >= 0.3 is 6.03 Å². The lowest BCUT2D eigenvalue weighted by molar-refractivity contribution is -0.126. The Morgan fingerprint density at radius 3 is 2.63 bits per heavy atom. The fourth-order valence-electron chi connectivity index (χ4n) is 2.92. The van der Waals surface area contributed by atoms with Crippen molar-refractivity contribution in [1.29, 1.82) is 0 Å². The second-order valence-electron chi connectivity index (χ2n) is 6.14. The Bertz CT molecular complexity index is 817. The van der Waals surface area contributed by atoms with E-state index in [0.29, 0.717) is 22.6 Å². The highest BCUT2D eigenvalue weighted by molar-refractivity contribution is 8.02. The fourth-order valence-corrected chi connectivity index (χ4v) is 4.88. The molecule has 1 aromatic heterocycles. The van der Waals surface area contributed by atoms with Crippen molar-refractivity contribution in [2.45, 2.75) is 43.2 Å². The van der Waals surface area contributed by atoms with Crippen LogP contribution in [0.5, 0.6) is 0 Å². The summed E-state index contributed by atoms with van der Waals surface area (Å²) in [6.07, 6.45) is 1.86. The Balaban J connectivity index is 1.69. The van der Waals surface area contributed by atoms with Crippen LogP contribution in [0.4, 0.5) is 15.6 Å². The Kier molecular flexibility index (Phi) is 6.33. The first-order chi connectivity index (χ1) is 13.0. The van der Waals surface area contributed by atoms with Crippen LogP contribution in [0.2, 0.25) is 0 Å². The number of aromatic nitrogens is 2. The number of carbonyl (C=O) groups excluding carboxylic acids is 2. The normalized spacial score (nSPS) is 14.9. The van der Waals surface area contributed by atoms with Gasteiger partial charge in [0.05, 0.1) is 5.25 Å². The molecule has 0 aliphatic carbocycles. The summed E-state index contributed by atoms with van der Waals surface area (Å²) in [5.41, 5.74) is 3.57. The maximum Gasteiger partial charge on any atom is 0.324 e. The number of benzene rings is 1. The number of anilines is 2. The monoisotopic (exact) mass is 405 g/mol. The lowest BCUT2D eigenvalue weighted by atomic mass is 10.0. The maximum atomic E-state index is 12.4. The van der Waals surface area contributed by atoms with Gasteiger partial charge in [0.25, 0.3) is 0 Å². The molecule has 1 saturated heterocycles. The SMILES string of the molecule is CCc1cccc(CC)c1Nc1nnc(SC(C)C(=O)N2CCNC2=O)s1. The van der Waals surface area contributed by atoms with Crippen molar-refractivity contribution in [3.63, 3.8) is 0 Å². The standard InChI is InChI=1S/C18H23N5O2S2/c1-4-12-7-6-8-13(5-2)14(12)20-16-21-22-18(27-16)26-11(3)15(24)23-10-9-19-17(23)25/h6-8,11H,4-5,9-10H2,1-3H3,(H,19,25)(H,20,21). The van der Waals surface area contributed by atoms with Crippen LogP contribution in [-0.2, 0) is 17.6 Å². The van der Waals surface area contributed by atoms with Crippen molar-refractivity contribution in [1.82, 2.24) is 20.4 Å². The van der Waals surface area contributed by atoms with Crippen molar-refractivity contribution >= 4 is 45.9 Å². The number of thioether (sulfide) groups is 1. The van der Waals surface area contributed by atoms with Crippen LogP contribution in [0.15, 0.2) is 22.5 Å². The quantitative estimate of drug-likeness (QED) is 0.686. The molecule has 3 amide bonds. The van der Waals surface area contributed by atoms with Gasteiger partial charge in [-0.3, -0.25) is 9.69 Å². The zero-order valence-corrected chi connectivity index (χ0v) is 17.2. The van der Waals surface area contributed by atoms with E-state index in [2.05, 4.69) is 52.9 Å². The highest BCUT2D eigenvalue weighted by Crippen LogP contribution is 2.33. The van der Waals surface area contributed by atoms with E-state index < -0.39 is 5.25 Å². The van der Waals surface area contributed by atoms with E-state index in [1.165, 1.54) is 39.1 Å². The first-order valence-electron chi connectivity index (χ1n) is 9.00. The van der Waals surface area contributed by atoms with Gasteiger partial charge in [-0.1, -0.05) is 55.1 Å². The molecule has 27 heavy (non-hydrogen) atoms. The molecule has 9 heteroatoms. The van der Waals surface area contributed by atoms with Gasteiger partial charge in [0.15, 0.2) is 4.34 Å². The van der Waals surface area contributed by atoms with Gasteiger partial charge in [0.2, 0.25) is 11.0 Å². The molecule has 2 N–H and O–H groups in total. The summed E-state index contributed by atoms with van der Waals surface area (Å²) < 4.78 is 0.699. The summed E-state index contributed by atoms with van der Waals surface area (Å²) in [6.45, 7) is 6.96. The van der Waals surface area contributed by atoms with Crippen molar-refractivity contribution in [3.8, 4) is 0 Å². The van der Waals surface area contributed by atoms with Gasteiger partial charge in [-0.15, -0.1) is 10.2 Å². The van der Waals surface area contributed by atoms with Gasteiger partial charge in [0.1, 0.15) is 0 Å². The lowest BCUT2D eigenvalue weighted by Gasteiger charge is -2.16. The minimum atomic E-state index is -0.399. The number of urea groups is 1. The number of hydrogen-bond acceptors (Lipinski definition) is 7. The van der Waals surface area contributed by atoms with Gasteiger partial charge in [0, 0.05) is 18.8 Å². The van der Waals surface area contributed by atoms with Crippen LogP contribution < -0.4 is 10.6 Å². The molecule has 2 aromatic rings. The number of amides is 3. The predicted octanol–water partition coefficient (Wildman–Crippen LogP) is 3.44. The molecule has 1 aliphatic rings. The highest BCUT2D eigenvalue weighted by Gasteiger charge is 2.30. The smallest absolute Gasteiger partial charge is 0.324 e. The molecule has 1 aromatic carbocycles. The summed E-state index contributed by atoms with van der Waals surface area (Å²) >= 11 is 2.74. The second-order valence-corrected chi connectivity index (χ2v) is 8.70. The summed E-state index contributed by atoms with van der Waals surface area (Å²) in [6, 6.07) is 5.97. The Morgan fingerprint density at radius 2 is 2.04 bits per heavy atom. The highest BCUT2D eigenvalue weighted by atomic mass is 32.2. The number of aryl methyl sites for hydroxylation is 2. The average molecular weight is 406 g/mol. The van der Waals surface area contributed by atoms with E-state index in [-0.39, 0.29) is 11.9 Å². The van der Waals surface area contributed by atoms with Gasteiger partial charge < -0.3 is 10.6 Å². The summed E-state index contributed by atoms with van der Waals surface area (Å²) in [7, 11) is 0. The van der Waals surface area contributed by atoms with Gasteiger partial charge in [-0.05, 0) is 30.9 Å². The van der Waals surface area contributed by atoms with E-state index >= 15 is 0 Å². The molecule has 1 atom stereocenters. The minimum absolute atomic E-state index is 0.204. The topological polar surface area (TPSA) is 87.2 Å². The minimum Gasteiger partial charge on any atom is -0.336 e. The van der Waals surface area contributed by atoms with Crippen LogP contribution in [0.1, 0.15) is 31.9 Å². The molecular weight excluding hydrogens is 382 g/mol. The van der Waals surface area contributed by atoms with Crippen LogP contribution >= 0.6 is 23.1 Å². The van der Waals surface area contributed by atoms with Gasteiger partial charge in [-0.25, -0.2) is 4.79 Å². The van der Waals surface area contributed by atoms with Crippen LogP contribution in [0.3, 0.4) is 0 Å². The largest absolute Gasteiger partial charge is 0.336 e. The molecule has 3 rings (SSSR count). The molecule has 1 unspecified atom stereocenters. The van der Waals surface area contributed by atoms with Crippen LogP contribution in [-0.4, -0.2) is 45.4 Å². The molecule has 0 spiro atoms. The molecule has 144 valence electrons. The number of carbonyl (C=O) groups is 2. The summed E-state index contributed by atoms with van der Waals surface area (Å²) in [5.74, 6) is -0.204. The molecule has 1 aliphatic heterocycles. The second kappa shape index (κ2) is 8.71. The zero-order valence-electron chi connectivity index (χ0n) is 15.6. The number of imide groups is 1. The zero-order chi connectivity index (χ0) is 19.4. The van der Waals surface area contributed by atoms with E-state index in [1.807, 2.05) is 0 Å². The van der Waals surface area contributed by atoms with E-state index in [9.17, 15) is 9.59 Å². The predicted molar refractivity (Wildman–Crippen MR) is 109 cm³/mol. The Morgan fingerprint density at radius 1 is 1.33 bits per heavy atom. The van der Waals surface area contributed by atoms with Crippen LogP contribution in [0, 0.1) is 0 Å². The molecule has 2 heterocycles. The Hall–Kier alpha value is -2.13.